The minimum Gasteiger partial charge on any atom is -0.308 e. The Balaban J connectivity index is 4.71. The van der Waals surface area contributed by atoms with Gasteiger partial charge in [-0.05, 0) is 26.8 Å². The van der Waals surface area contributed by atoms with E-state index < -0.39 is 13.3 Å². The van der Waals surface area contributed by atoms with E-state index in [1.807, 2.05) is 0 Å². The number of allylic oxidation sites excluding steroid dienone is 1. The van der Waals surface area contributed by atoms with Crippen molar-refractivity contribution in [3.63, 3.8) is 0 Å². The van der Waals surface area contributed by atoms with Crippen LogP contribution in [-0.2, 0) is 18.4 Å². The summed E-state index contributed by atoms with van der Waals surface area (Å²) in [5, 5.41) is 0. The summed E-state index contributed by atoms with van der Waals surface area (Å²) in [4.78, 5) is 11.3. The Hall–Kier alpha value is -0.440. The van der Waals surface area contributed by atoms with Gasteiger partial charge < -0.3 is 9.05 Å². The first-order valence-corrected chi connectivity index (χ1v) is 6.18. The molecule has 0 radical (unpaired) electrons. The summed E-state index contributed by atoms with van der Waals surface area (Å²) < 4.78 is 22.0. The molecule has 0 aliphatic carbocycles. The molecule has 0 heterocycles. The molecule has 1 unspecified atom stereocenters. The van der Waals surface area contributed by atoms with Crippen LogP contribution in [0.25, 0.3) is 0 Å². The molecule has 0 aromatic rings. The summed E-state index contributed by atoms with van der Waals surface area (Å²) in [7, 11) is -3.30. The molecule has 0 aliphatic heterocycles. The lowest BCUT2D eigenvalue weighted by Gasteiger charge is -2.21. The van der Waals surface area contributed by atoms with Crippen molar-refractivity contribution in [2.24, 2.45) is 0 Å². The van der Waals surface area contributed by atoms with E-state index in [4.69, 9.17) is 9.05 Å². The molecule has 0 saturated heterocycles. The molecule has 14 heavy (non-hydrogen) atoms. The Morgan fingerprint density at radius 3 is 2.14 bits per heavy atom. The van der Waals surface area contributed by atoms with Gasteiger partial charge >= 0.3 is 7.60 Å². The van der Waals surface area contributed by atoms with Crippen molar-refractivity contribution in [3.8, 4) is 0 Å². The van der Waals surface area contributed by atoms with E-state index in [0.29, 0.717) is 0 Å². The maximum atomic E-state index is 12.0. The van der Waals surface area contributed by atoms with Gasteiger partial charge in [0, 0.05) is 0 Å². The third-order valence-electron chi connectivity index (χ3n) is 1.71. The van der Waals surface area contributed by atoms with Gasteiger partial charge in [-0.25, -0.2) is 0 Å². The van der Waals surface area contributed by atoms with Crippen LogP contribution in [0, 0.1) is 0 Å². The van der Waals surface area contributed by atoms with Crippen molar-refractivity contribution < 1.29 is 18.4 Å². The SMILES string of the molecule is C=CC(=O)C(C)P(=O)(OCC)OCC. The number of carbonyl (C=O) groups is 1. The maximum absolute atomic E-state index is 12.0. The highest BCUT2D eigenvalue weighted by molar-refractivity contribution is 7.55. The minimum atomic E-state index is -3.30. The summed E-state index contributed by atoms with van der Waals surface area (Å²) in [6.45, 7) is 8.78. The van der Waals surface area contributed by atoms with Crippen molar-refractivity contribution in [1.29, 1.82) is 0 Å². The lowest BCUT2D eigenvalue weighted by Crippen LogP contribution is -2.18. The molecular weight excluding hydrogens is 203 g/mol. The maximum Gasteiger partial charge on any atom is 0.341 e. The topological polar surface area (TPSA) is 52.6 Å². The van der Waals surface area contributed by atoms with Gasteiger partial charge in [-0.3, -0.25) is 9.36 Å². The second kappa shape index (κ2) is 6.12. The van der Waals surface area contributed by atoms with Crippen LogP contribution in [0.1, 0.15) is 20.8 Å². The number of rotatable bonds is 7. The van der Waals surface area contributed by atoms with Crippen molar-refractivity contribution in [2.45, 2.75) is 26.4 Å². The number of ketones is 1. The van der Waals surface area contributed by atoms with Crippen LogP contribution in [0.3, 0.4) is 0 Å². The van der Waals surface area contributed by atoms with Crippen molar-refractivity contribution in [3.05, 3.63) is 12.7 Å². The Bertz CT molecular complexity index is 239. The molecule has 0 aromatic carbocycles. The first-order valence-electron chi connectivity index (χ1n) is 4.56. The molecule has 0 N–H and O–H groups in total. The van der Waals surface area contributed by atoms with Gasteiger partial charge in [-0.15, -0.1) is 0 Å². The van der Waals surface area contributed by atoms with E-state index in [1.165, 1.54) is 6.92 Å². The van der Waals surface area contributed by atoms with Crippen molar-refractivity contribution in [1.82, 2.24) is 0 Å². The average molecular weight is 220 g/mol. The normalized spacial score (nSPS) is 13.6. The molecule has 0 amide bonds. The van der Waals surface area contributed by atoms with Gasteiger partial charge in [0.15, 0.2) is 5.78 Å². The molecule has 1 atom stereocenters. The molecule has 0 bridgehead atoms. The molecule has 82 valence electrons. The molecule has 0 saturated carbocycles. The first-order chi connectivity index (χ1) is 6.51. The van der Waals surface area contributed by atoms with Gasteiger partial charge in [-0.2, -0.15) is 0 Å². The predicted molar refractivity (Wildman–Crippen MR) is 55.5 cm³/mol. The minimum absolute atomic E-state index is 0.256. The van der Waals surface area contributed by atoms with E-state index in [0.717, 1.165) is 6.08 Å². The zero-order valence-corrected chi connectivity index (χ0v) is 9.75. The summed E-state index contributed by atoms with van der Waals surface area (Å²) in [6, 6.07) is 0. The third-order valence-corrected chi connectivity index (χ3v) is 4.14. The van der Waals surface area contributed by atoms with Gasteiger partial charge in [0.25, 0.3) is 0 Å². The van der Waals surface area contributed by atoms with Gasteiger partial charge in [-0.1, -0.05) is 6.58 Å². The van der Waals surface area contributed by atoms with Crippen LogP contribution in [-0.4, -0.2) is 24.7 Å². The van der Waals surface area contributed by atoms with Gasteiger partial charge in [0.2, 0.25) is 0 Å². The molecule has 4 nitrogen and oxygen atoms in total. The third kappa shape index (κ3) is 3.37. The lowest BCUT2D eigenvalue weighted by molar-refractivity contribution is -0.114. The summed E-state index contributed by atoms with van der Waals surface area (Å²) in [6.07, 6.45) is 1.13. The average Bonchev–Trinajstić information content (AvgIpc) is 2.16. The van der Waals surface area contributed by atoms with Crippen molar-refractivity contribution in [2.75, 3.05) is 13.2 Å². The molecular formula is C9H17O4P. The van der Waals surface area contributed by atoms with Crippen LogP contribution in [0.5, 0.6) is 0 Å². The molecule has 5 heteroatoms. The summed E-state index contributed by atoms with van der Waals surface area (Å²) in [5.41, 5.74) is -0.778. The van der Waals surface area contributed by atoms with Crippen LogP contribution < -0.4 is 0 Å². The van der Waals surface area contributed by atoms with E-state index in [1.54, 1.807) is 13.8 Å². The van der Waals surface area contributed by atoms with Crippen LogP contribution in [0.15, 0.2) is 12.7 Å². The fourth-order valence-electron chi connectivity index (χ4n) is 0.947. The summed E-state index contributed by atoms with van der Waals surface area (Å²) in [5.74, 6) is -0.324. The number of hydrogen-bond acceptors (Lipinski definition) is 4. The van der Waals surface area contributed by atoms with Crippen LogP contribution >= 0.6 is 7.60 Å². The quantitative estimate of drug-likeness (QED) is 0.488. The molecule has 0 aliphatic rings. The molecule has 0 rings (SSSR count). The highest BCUT2D eigenvalue weighted by atomic mass is 31.2. The number of hydrogen-bond donors (Lipinski definition) is 0. The molecule has 0 spiro atoms. The van der Waals surface area contributed by atoms with Gasteiger partial charge in [0.05, 0.1) is 13.2 Å². The monoisotopic (exact) mass is 220 g/mol. The van der Waals surface area contributed by atoms with Crippen LogP contribution in [0.4, 0.5) is 0 Å². The largest absolute Gasteiger partial charge is 0.341 e. The fraction of sp³-hybridized carbons (Fsp3) is 0.667. The smallest absolute Gasteiger partial charge is 0.308 e. The lowest BCUT2D eigenvalue weighted by atomic mass is 10.3. The Morgan fingerprint density at radius 2 is 1.86 bits per heavy atom. The molecule has 0 aromatic heterocycles. The zero-order chi connectivity index (χ0) is 11.2. The second-order valence-electron chi connectivity index (χ2n) is 2.66. The standard InChI is InChI=1S/C9H17O4P/c1-5-9(10)8(4)14(11,12-6-2)13-7-3/h5,8H,1,6-7H2,2-4H3. The Kier molecular flexibility index (Phi) is 5.93. The number of carbonyl (C=O) groups excluding carboxylic acids is 1. The van der Waals surface area contributed by atoms with Crippen molar-refractivity contribution >= 4 is 13.4 Å². The van der Waals surface area contributed by atoms with Crippen LogP contribution in [0.2, 0.25) is 0 Å². The Labute approximate surface area is 84.8 Å². The molecule has 0 fully saturated rings. The summed E-state index contributed by atoms with van der Waals surface area (Å²) >= 11 is 0. The highest BCUT2D eigenvalue weighted by Crippen LogP contribution is 2.53. The predicted octanol–water partition coefficient (Wildman–Crippen LogP) is 2.40. The Morgan fingerprint density at radius 1 is 1.43 bits per heavy atom. The highest BCUT2D eigenvalue weighted by Gasteiger charge is 2.35. The van der Waals surface area contributed by atoms with E-state index in [9.17, 15) is 9.36 Å². The van der Waals surface area contributed by atoms with E-state index >= 15 is 0 Å². The van der Waals surface area contributed by atoms with E-state index in [-0.39, 0.29) is 19.0 Å². The second-order valence-corrected chi connectivity index (χ2v) is 5.03. The van der Waals surface area contributed by atoms with Gasteiger partial charge in [0.1, 0.15) is 5.66 Å². The van der Waals surface area contributed by atoms with E-state index in [2.05, 4.69) is 6.58 Å². The zero-order valence-electron chi connectivity index (χ0n) is 8.86. The fourth-order valence-corrected chi connectivity index (χ4v) is 2.61. The first kappa shape index (κ1) is 13.6.